The molecule has 0 saturated heterocycles. The molecule has 6 aromatic rings. The van der Waals surface area contributed by atoms with Gasteiger partial charge < -0.3 is 38.3 Å². The van der Waals surface area contributed by atoms with Crippen LogP contribution in [-0.2, 0) is 57.2 Å². The smallest absolute Gasteiger partial charge is 0.395 e. The Morgan fingerprint density at radius 3 is 1.37 bits per heavy atom. The Hall–Kier alpha value is -6.37. The van der Waals surface area contributed by atoms with E-state index in [0.717, 1.165) is 44.3 Å². The van der Waals surface area contributed by atoms with Crippen LogP contribution >= 0.6 is 0 Å². The van der Waals surface area contributed by atoms with Gasteiger partial charge in [-0.05, 0) is 115 Å². The molecule has 15 heteroatoms. The van der Waals surface area contributed by atoms with Crippen molar-refractivity contribution in [1.29, 1.82) is 5.26 Å². The number of halogens is 4. The zero-order valence-corrected chi connectivity index (χ0v) is 41.0. The van der Waals surface area contributed by atoms with Crippen molar-refractivity contribution >= 4 is 33.4 Å². The largest absolute Gasteiger partial charge is 0.586 e. The topological polar surface area (TPSA) is 145 Å². The second-order valence-electron chi connectivity index (χ2n) is 21.7. The third-order valence-corrected chi connectivity index (χ3v) is 14.3. The quantitative estimate of drug-likeness (QED) is 0.102. The summed E-state index contributed by atoms with van der Waals surface area (Å²) in [4.78, 5) is 26.8. The molecule has 374 valence electrons. The normalized spacial score (nSPS) is 18.4. The third kappa shape index (κ3) is 9.85. The van der Waals surface area contributed by atoms with Gasteiger partial charge in [0.05, 0.1) is 35.5 Å². The molecular formula is C56H59F4N3O8. The van der Waals surface area contributed by atoms with Gasteiger partial charge >= 0.3 is 12.6 Å². The number of alkyl halides is 4. The maximum atomic E-state index is 13.4. The summed E-state index contributed by atoms with van der Waals surface area (Å²) in [6, 6.07) is 27.4. The molecule has 2 unspecified atom stereocenters. The molecule has 2 fully saturated rings. The first-order valence-electron chi connectivity index (χ1n) is 24.2. The van der Waals surface area contributed by atoms with Gasteiger partial charge in [-0.3, -0.25) is 9.59 Å². The Morgan fingerprint density at radius 2 is 1.00 bits per heavy atom. The summed E-state index contributed by atoms with van der Waals surface area (Å²) in [5.41, 5.74) is 5.63. The van der Waals surface area contributed by atoms with Gasteiger partial charge in [-0.25, -0.2) is 0 Å². The van der Waals surface area contributed by atoms with Gasteiger partial charge in [-0.2, -0.15) is 5.26 Å². The molecule has 0 spiro atoms. The molecule has 10 rings (SSSR count). The van der Waals surface area contributed by atoms with Gasteiger partial charge in [0.25, 0.3) is 0 Å². The lowest BCUT2D eigenvalue weighted by molar-refractivity contribution is -0.287. The van der Waals surface area contributed by atoms with Crippen LogP contribution in [0.1, 0.15) is 121 Å². The molecule has 2 aromatic heterocycles. The Bertz CT molecular complexity index is 3110. The first-order chi connectivity index (χ1) is 33.3. The lowest BCUT2D eigenvalue weighted by Gasteiger charge is -2.23. The average molecular weight is 978 g/mol. The van der Waals surface area contributed by atoms with E-state index in [1.54, 1.807) is 12.1 Å². The highest BCUT2D eigenvalue weighted by atomic mass is 19.3. The molecule has 0 radical (unpaired) electrons. The van der Waals surface area contributed by atoms with Crippen molar-refractivity contribution in [2.45, 2.75) is 159 Å². The molecule has 2 saturated carbocycles. The summed E-state index contributed by atoms with van der Waals surface area (Å²) in [5.74, 6) is -0.0194. The van der Waals surface area contributed by atoms with Crippen LogP contribution in [0.4, 0.5) is 17.6 Å². The van der Waals surface area contributed by atoms with Gasteiger partial charge in [0.15, 0.2) is 23.0 Å². The van der Waals surface area contributed by atoms with Crippen LogP contribution in [0, 0.1) is 11.3 Å². The van der Waals surface area contributed by atoms with Gasteiger partial charge in [-0.15, -0.1) is 17.6 Å². The van der Waals surface area contributed by atoms with Gasteiger partial charge in [-0.1, -0.05) is 72.7 Å². The standard InChI is InChI=1S/C28H28F2N2O4.C28H31F2NO4/c1-26(2,3)24-14-18-12-17(4-6-21(18)32(24)16-20(33)8-11-31)13-25(34)27(9-10-27)19-5-7-22-23(15-19)36-28(29,30)35-22;1-5-20(32)16-31-21-8-6-17(12-18(21)14-24(31)26(2,3)4)13-25(33)27(10-11-27)19-7-9-22-23(15-19)35-28(29,30)34-22/h4-7,12,14-15,20,33H,8-10,13,16H2,1-3H3;6-9,12,14-15,20,32H,5,10-11,13,16H2,1-4H3. The number of ether oxygens (including phenoxy) is 4. The number of nitrogens with zero attached hydrogens (tertiary/aromatic N) is 3. The molecule has 2 N–H and O–H groups in total. The fraction of sp³-hybridized carbons (Fsp3) is 0.446. The third-order valence-electron chi connectivity index (χ3n) is 14.3. The zero-order chi connectivity index (χ0) is 51.1. The lowest BCUT2D eigenvalue weighted by Crippen LogP contribution is -2.26. The van der Waals surface area contributed by atoms with Crippen molar-refractivity contribution in [2.24, 2.45) is 0 Å². The van der Waals surface area contributed by atoms with E-state index in [1.807, 2.05) is 54.0 Å². The number of aromatic nitrogens is 2. The van der Waals surface area contributed by atoms with E-state index in [2.05, 4.69) is 77.2 Å². The molecule has 4 aromatic carbocycles. The number of aliphatic hydroxyl groups is 2. The Balaban J connectivity index is 0.000000176. The summed E-state index contributed by atoms with van der Waals surface area (Å²) >= 11 is 0. The minimum atomic E-state index is -3.69. The van der Waals surface area contributed by atoms with Crippen molar-refractivity contribution in [3.05, 3.63) is 119 Å². The maximum Gasteiger partial charge on any atom is 0.586 e. The second kappa shape index (κ2) is 17.7. The first-order valence-corrected chi connectivity index (χ1v) is 24.2. The first kappa shape index (κ1) is 49.6. The average Bonchev–Trinajstić information content (AvgIpc) is 4.15. The van der Waals surface area contributed by atoms with Crippen molar-refractivity contribution in [3.63, 3.8) is 0 Å². The van der Waals surface area contributed by atoms with Crippen molar-refractivity contribution < 1.29 is 56.3 Å². The molecule has 2 aliphatic heterocycles. The minimum absolute atomic E-state index is 0.0141. The highest BCUT2D eigenvalue weighted by Gasteiger charge is 2.53. The molecular weight excluding hydrogens is 919 g/mol. The molecule has 4 aliphatic rings. The number of benzene rings is 4. The van der Waals surface area contributed by atoms with Crippen LogP contribution in [0.3, 0.4) is 0 Å². The summed E-state index contributed by atoms with van der Waals surface area (Å²) in [6.45, 7) is 15.5. The number of Topliss-reactive ketones (excluding diaryl/α,β-unsaturated/α-hetero) is 2. The fourth-order valence-corrected chi connectivity index (χ4v) is 10.1. The molecule has 71 heavy (non-hydrogen) atoms. The van der Waals surface area contributed by atoms with E-state index in [9.17, 15) is 37.4 Å². The highest BCUT2D eigenvalue weighted by molar-refractivity contribution is 5.96. The lowest BCUT2D eigenvalue weighted by atomic mass is 9.87. The van der Waals surface area contributed by atoms with Gasteiger partial charge in [0.1, 0.15) is 11.6 Å². The van der Waals surface area contributed by atoms with Crippen molar-refractivity contribution in [2.75, 3.05) is 0 Å². The van der Waals surface area contributed by atoms with E-state index in [0.29, 0.717) is 56.3 Å². The SMILES string of the molecule is CC(C)(C)c1cc2cc(CC(=O)C3(c4ccc5c(c4)OC(F)(F)O5)CC3)ccc2n1CC(O)CC#N.CCC(O)Cn1c(C(C)(C)C)cc2cc(CC(=O)C3(c4ccc5c(c4)OC(F)(F)O5)CC3)ccc21. The summed E-state index contributed by atoms with van der Waals surface area (Å²) in [6.07, 6.45) is -4.68. The second-order valence-corrected chi connectivity index (χ2v) is 21.7. The molecule has 0 bridgehead atoms. The van der Waals surface area contributed by atoms with Gasteiger partial charge in [0, 0.05) is 70.0 Å². The number of hydrogen-bond acceptors (Lipinski definition) is 9. The Labute approximate surface area is 409 Å². The number of hydrogen-bond donors (Lipinski definition) is 2. The monoisotopic (exact) mass is 977 g/mol. The van der Waals surface area contributed by atoms with Crippen LogP contribution in [-0.4, -0.2) is 55.7 Å². The van der Waals surface area contributed by atoms with E-state index < -0.39 is 35.6 Å². The zero-order valence-electron chi connectivity index (χ0n) is 41.0. The Morgan fingerprint density at radius 1 is 0.606 bits per heavy atom. The number of carbonyl (C=O) groups excluding carboxylic acids is 2. The van der Waals surface area contributed by atoms with Crippen LogP contribution in [0.15, 0.2) is 84.9 Å². The maximum absolute atomic E-state index is 13.4. The number of aliphatic hydroxyl groups excluding tert-OH is 2. The minimum Gasteiger partial charge on any atom is -0.395 e. The van der Waals surface area contributed by atoms with Crippen LogP contribution in [0.5, 0.6) is 23.0 Å². The van der Waals surface area contributed by atoms with Crippen molar-refractivity contribution in [1.82, 2.24) is 9.13 Å². The molecule has 4 heterocycles. The number of carbonyl (C=O) groups is 2. The van der Waals surface area contributed by atoms with E-state index in [-0.39, 0.29) is 64.7 Å². The van der Waals surface area contributed by atoms with Crippen LogP contribution in [0.25, 0.3) is 21.8 Å². The number of ketones is 2. The van der Waals surface area contributed by atoms with E-state index in [4.69, 9.17) is 5.26 Å². The number of nitriles is 1. The fourth-order valence-electron chi connectivity index (χ4n) is 10.1. The number of fused-ring (bicyclic) bond motifs is 4. The predicted molar refractivity (Wildman–Crippen MR) is 258 cm³/mol. The van der Waals surface area contributed by atoms with Crippen LogP contribution in [0.2, 0.25) is 0 Å². The molecule has 2 aliphatic carbocycles. The van der Waals surface area contributed by atoms with Crippen LogP contribution < -0.4 is 18.9 Å². The van der Waals surface area contributed by atoms with E-state index >= 15 is 0 Å². The summed E-state index contributed by atoms with van der Waals surface area (Å²) in [7, 11) is 0. The number of rotatable bonds is 14. The predicted octanol–water partition coefficient (Wildman–Crippen LogP) is 11.3. The molecule has 0 amide bonds. The highest BCUT2D eigenvalue weighted by Crippen LogP contribution is 2.54. The molecule has 2 atom stereocenters. The summed E-state index contributed by atoms with van der Waals surface area (Å²) in [5, 5.41) is 31.6. The Kier molecular flexibility index (Phi) is 12.4. The van der Waals surface area contributed by atoms with Gasteiger partial charge in [0.2, 0.25) is 0 Å². The van der Waals surface area contributed by atoms with Crippen molar-refractivity contribution in [3.8, 4) is 29.1 Å². The van der Waals surface area contributed by atoms with E-state index in [1.165, 1.54) is 24.3 Å². The summed E-state index contributed by atoms with van der Waals surface area (Å²) < 4.78 is 76.1. The molecule has 11 nitrogen and oxygen atoms in total.